The van der Waals surface area contributed by atoms with E-state index in [1.165, 1.54) is 5.56 Å². The number of fused-ring (bicyclic) bond motifs is 1. The molecule has 0 spiro atoms. The number of aryl methyl sites for hydroxylation is 1. The van der Waals surface area contributed by atoms with Gasteiger partial charge in [0.1, 0.15) is 17.2 Å². The molecule has 1 aromatic heterocycles. The highest BCUT2D eigenvalue weighted by Gasteiger charge is 2.38. The average molecular weight is 338 g/mol. The van der Waals surface area contributed by atoms with E-state index in [-0.39, 0.29) is 0 Å². The van der Waals surface area contributed by atoms with E-state index in [1.807, 2.05) is 26.0 Å². The number of nitrogens with one attached hydrogen (secondary N) is 1. The molecule has 0 amide bonds. The molecule has 130 valence electrons. The topological polar surface area (TPSA) is 80.1 Å². The normalized spacial score (nSPS) is 19.1. The zero-order chi connectivity index (χ0) is 17.9. The van der Waals surface area contributed by atoms with Gasteiger partial charge in [0, 0.05) is 7.11 Å². The molecule has 0 bridgehead atoms. The fourth-order valence-electron chi connectivity index (χ4n) is 3.26. The van der Waals surface area contributed by atoms with Crippen molar-refractivity contribution in [1.82, 2.24) is 10.2 Å². The Labute approximate surface area is 147 Å². The summed E-state index contributed by atoms with van der Waals surface area (Å²) in [5, 5.41) is 21.0. The fraction of sp³-hybridized carbons (Fsp3) is 0.421. The first-order chi connectivity index (χ1) is 12.1. The summed E-state index contributed by atoms with van der Waals surface area (Å²) in [6, 6.07) is 10.5. The number of hydrogen-bond donors (Lipinski definition) is 1. The molecule has 1 aliphatic heterocycles. The van der Waals surface area contributed by atoms with Crippen LogP contribution in [0, 0.1) is 25.2 Å². The smallest absolute Gasteiger partial charge is 0.167 e. The summed E-state index contributed by atoms with van der Waals surface area (Å²) in [5.74, 6) is 0.479. The molecule has 1 aliphatic rings. The summed E-state index contributed by atoms with van der Waals surface area (Å²) in [6.07, 6.45) is 0.883. The molecular weight excluding hydrogens is 316 g/mol. The molecule has 3 rings (SSSR count). The van der Waals surface area contributed by atoms with Gasteiger partial charge >= 0.3 is 0 Å². The first kappa shape index (κ1) is 17.3. The molecular formula is C19H22N4O2. The van der Waals surface area contributed by atoms with Crippen molar-refractivity contribution in [3.63, 3.8) is 0 Å². The Morgan fingerprint density at radius 1 is 1.32 bits per heavy atom. The number of methoxy groups -OCH3 is 1. The van der Waals surface area contributed by atoms with E-state index in [1.54, 1.807) is 7.11 Å². The second kappa shape index (κ2) is 7.18. The Hall–Kier alpha value is -2.49. The molecule has 1 aromatic carbocycles. The lowest BCUT2D eigenvalue weighted by Crippen LogP contribution is -2.45. The van der Waals surface area contributed by atoms with Crippen LogP contribution in [-0.2, 0) is 21.5 Å². The number of nitriles is 1. The van der Waals surface area contributed by atoms with Crippen LogP contribution >= 0.6 is 0 Å². The minimum atomic E-state index is -0.614. The zero-order valence-electron chi connectivity index (χ0n) is 14.8. The van der Waals surface area contributed by atoms with Gasteiger partial charge in [-0.1, -0.05) is 24.3 Å². The Bertz CT molecular complexity index is 816. The molecule has 0 saturated heterocycles. The van der Waals surface area contributed by atoms with Gasteiger partial charge in [0.05, 0.1) is 25.5 Å². The van der Waals surface area contributed by atoms with Gasteiger partial charge in [-0.2, -0.15) is 10.4 Å². The zero-order valence-corrected chi connectivity index (χ0v) is 14.8. The predicted molar refractivity (Wildman–Crippen MR) is 94.4 cm³/mol. The highest BCUT2D eigenvalue weighted by atomic mass is 16.5. The second-order valence-electron chi connectivity index (χ2n) is 6.28. The van der Waals surface area contributed by atoms with Crippen LogP contribution in [0.5, 0.6) is 0 Å². The summed E-state index contributed by atoms with van der Waals surface area (Å²) in [7, 11) is 1.67. The number of aromatic nitrogens is 2. The number of anilines is 1. The van der Waals surface area contributed by atoms with Crippen LogP contribution in [0.3, 0.4) is 0 Å². The van der Waals surface area contributed by atoms with Gasteiger partial charge in [-0.3, -0.25) is 0 Å². The number of rotatable bonds is 5. The van der Waals surface area contributed by atoms with Gasteiger partial charge < -0.3 is 14.8 Å². The van der Waals surface area contributed by atoms with E-state index in [0.717, 1.165) is 23.2 Å². The van der Waals surface area contributed by atoms with Crippen LogP contribution < -0.4 is 5.32 Å². The van der Waals surface area contributed by atoms with Crippen molar-refractivity contribution in [3.05, 3.63) is 52.2 Å². The van der Waals surface area contributed by atoms with Crippen molar-refractivity contribution >= 4 is 5.82 Å². The maximum atomic E-state index is 9.47. The first-order valence-corrected chi connectivity index (χ1v) is 8.30. The lowest BCUT2D eigenvalue weighted by molar-refractivity contribution is -0.0937. The van der Waals surface area contributed by atoms with E-state index < -0.39 is 5.60 Å². The van der Waals surface area contributed by atoms with Crippen molar-refractivity contribution in [3.8, 4) is 6.07 Å². The highest BCUT2D eigenvalue weighted by Crippen LogP contribution is 2.34. The van der Waals surface area contributed by atoms with Crippen molar-refractivity contribution in [2.45, 2.75) is 25.9 Å². The monoisotopic (exact) mass is 338 g/mol. The molecule has 2 heterocycles. The molecule has 0 saturated carbocycles. The minimum absolute atomic E-state index is 0.414. The number of benzene rings is 1. The summed E-state index contributed by atoms with van der Waals surface area (Å²) in [5.41, 5.74) is 3.88. The Balaban J connectivity index is 1.93. The lowest BCUT2D eigenvalue weighted by atomic mass is 9.86. The van der Waals surface area contributed by atoms with Crippen LogP contribution in [0.4, 0.5) is 5.82 Å². The molecule has 0 radical (unpaired) electrons. The van der Waals surface area contributed by atoms with Crippen LogP contribution in [0.25, 0.3) is 0 Å². The molecule has 1 N–H and O–H groups in total. The van der Waals surface area contributed by atoms with Gasteiger partial charge in [0.15, 0.2) is 5.82 Å². The van der Waals surface area contributed by atoms with Gasteiger partial charge in [-0.25, -0.2) is 0 Å². The Kier molecular flexibility index (Phi) is 4.98. The second-order valence-corrected chi connectivity index (χ2v) is 6.28. The molecule has 1 atom stereocenters. The van der Waals surface area contributed by atoms with Crippen molar-refractivity contribution in [1.29, 1.82) is 5.26 Å². The maximum absolute atomic E-state index is 9.47. The third-order valence-electron chi connectivity index (χ3n) is 4.74. The molecule has 6 heteroatoms. The minimum Gasteiger partial charge on any atom is -0.381 e. The first-order valence-electron chi connectivity index (χ1n) is 8.30. The molecule has 1 unspecified atom stereocenters. The van der Waals surface area contributed by atoms with Gasteiger partial charge in [0.25, 0.3) is 0 Å². The standard InChI is InChI=1S/C19H22N4O2/c1-13-14(2)22-23-18(16(13)10-20)21-11-19(12-24-3)17-7-5-4-6-15(17)8-9-25-19/h4-7H,8-9,11-12H2,1-3H3,(H,21,23). The van der Waals surface area contributed by atoms with Gasteiger partial charge in [0.2, 0.25) is 0 Å². The third kappa shape index (κ3) is 3.21. The van der Waals surface area contributed by atoms with E-state index >= 15 is 0 Å². The van der Waals surface area contributed by atoms with Gasteiger partial charge in [-0.15, -0.1) is 5.10 Å². The number of nitrogens with zero attached hydrogens (tertiary/aromatic N) is 3. The summed E-state index contributed by atoms with van der Waals surface area (Å²) >= 11 is 0. The highest BCUT2D eigenvalue weighted by molar-refractivity contribution is 5.56. The van der Waals surface area contributed by atoms with E-state index in [4.69, 9.17) is 9.47 Å². The Morgan fingerprint density at radius 3 is 2.88 bits per heavy atom. The fourth-order valence-corrected chi connectivity index (χ4v) is 3.26. The van der Waals surface area contributed by atoms with Crippen LogP contribution in [0.15, 0.2) is 24.3 Å². The van der Waals surface area contributed by atoms with Crippen LogP contribution in [0.1, 0.15) is 27.9 Å². The van der Waals surface area contributed by atoms with Crippen LogP contribution in [0.2, 0.25) is 0 Å². The maximum Gasteiger partial charge on any atom is 0.167 e. The largest absolute Gasteiger partial charge is 0.381 e. The van der Waals surface area contributed by atoms with Crippen molar-refractivity contribution in [2.24, 2.45) is 0 Å². The van der Waals surface area contributed by atoms with Crippen molar-refractivity contribution in [2.75, 3.05) is 32.2 Å². The molecule has 6 nitrogen and oxygen atoms in total. The molecule has 0 fully saturated rings. The lowest BCUT2D eigenvalue weighted by Gasteiger charge is -2.39. The Morgan fingerprint density at radius 2 is 2.12 bits per heavy atom. The SMILES string of the molecule is COCC1(CNc2nnc(C)c(C)c2C#N)OCCc2ccccc21. The number of hydrogen-bond acceptors (Lipinski definition) is 6. The predicted octanol–water partition coefficient (Wildman–Crippen LogP) is 2.49. The van der Waals surface area contributed by atoms with E-state index in [9.17, 15) is 5.26 Å². The number of ether oxygens (including phenoxy) is 2. The van der Waals surface area contributed by atoms with Crippen LogP contribution in [-0.4, -0.2) is 37.1 Å². The summed E-state index contributed by atoms with van der Waals surface area (Å²) in [4.78, 5) is 0. The molecule has 2 aromatic rings. The molecule has 0 aliphatic carbocycles. The third-order valence-corrected chi connectivity index (χ3v) is 4.74. The summed E-state index contributed by atoms with van der Waals surface area (Å²) < 4.78 is 11.6. The van der Waals surface area contributed by atoms with Gasteiger partial charge in [-0.05, 0) is 37.0 Å². The quantitative estimate of drug-likeness (QED) is 0.902. The van der Waals surface area contributed by atoms with E-state index in [0.29, 0.717) is 31.1 Å². The van der Waals surface area contributed by atoms with Crippen molar-refractivity contribution < 1.29 is 9.47 Å². The van der Waals surface area contributed by atoms with E-state index in [2.05, 4.69) is 33.7 Å². The average Bonchev–Trinajstić information content (AvgIpc) is 2.63. The summed E-state index contributed by atoms with van der Waals surface area (Å²) in [6.45, 7) is 5.22. The molecule has 25 heavy (non-hydrogen) atoms.